The maximum atomic E-state index is 14.3. The third kappa shape index (κ3) is 5.34. The van der Waals surface area contributed by atoms with Gasteiger partial charge in [0, 0.05) is 25.6 Å². The summed E-state index contributed by atoms with van der Waals surface area (Å²) in [6.45, 7) is 2.96. The lowest BCUT2D eigenvalue weighted by Crippen LogP contribution is -2.17. The number of esters is 1. The zero-order valence-corrected chi connectivity index (χ0v) is 15.9. The van der Waals surface area contributed by atoms with E-state index in [1.165, 1.54) is 12.3 Å². The molecule has 0 spiro atoms. The monoisotopic (exact) mass is 388 g/mol. The Bertz CT molecular complexity index is 881. The molecule has 150 valence electrons. The minimum Gasteiger partial charge on any atom is -0.490 e. The number of nitrogens with zero attached hydrogens (tertiary/aromatic N) is 2. The third-order valence-corrected chi connectivity index (χ3v) is 4.69. The lowest BCUT2D eigenvalue weighted by Gasteiger charge is -2.08. The van der Waals surface area contributed by atoms with Crippen LogP contribution < -0.4 is 10.2 Å². The lowest BCUT2D eigenvalue weighted by molar-refractivity contribution is -0.143. The Morgan fingerprint density at radius 1 is 1.36 bits per heavy atom. The smallest absolute Gasteiger partial charge is 0.306 e. The van der Waals surface area contributed by atoms with Crippen LogP contribution in [0, 0.1) is 11.7 Å². The van der Waals surface area contributed by atoms with Gasteiger partial charge in [0.2, 0.25) is 0 Å². The van der Waals surface area contributed by atoms with Crippen molar-refractivity contribution in [3.8, 4) is 5.75 Å². The molecular weight excluding hydrogens is 363 g/mol. The Morgan fingerprint density at radius 2 is 2.21 bits per heavy atom. The third-order valence-electron chi connectivity index (χ3n) is 4.69. The van der Waals surface area contributed by atoms with Gasteiger partial charge in [-0.2, -0.15) is 4.73 Å². The second kappa shape index (κ2) is 9.39. The molecule has 1 heterocycles. The Kier molecular flexibility index (Phi) is 6.68. The molecule has 2 aromatic rings. The van der Waals surface area contributed by atoms with Gasteiger partial charge in [0.25, 0.3) is 0 Å². The van der Waals surface area contributed by atoms with Gasteiger partial charge in [0.1, 0.15) is 0 Å². The van der Waals surface area contributed by atoms with Crippen molar-refractivity contribution in [2.45, 2.75) is 32.1 Å². The summed E-state index contributed by atoms with van der Waals surface area (Å²) in [5, 5.41) is 9.57. The first-order valence-electron chi connectivity index (χ1n) is 9.53. The number of pyridine rings is 1. The molecule has 1 aliphatic rings. The fourth-order valence-electron chi connectivity index (χ4n) is 3.17. The Morgan fingerprint density at radius 3 is 2.96 bits per heavy atom. The SMILES string of the molecule is CCOC(=O)CC1CC1c1ccc(OCCCN=c2ccccn2O)c(F)c1. The van der Waals surface area contributed by atoms with Crippen molar-refractivity contribution in [3.05, 3.63) is 59.5 Å². The molecule has 3 rings (SSSR count). The summed E-state index contributed by atoms with van der Waals surface area (Å²) in [7, 11) is 0. The van der Waals surface area contributed by atoms with Gasteiger partial charge < -0.3 is 14.7 Å². The van der Waals surface area contributed by atoms with Crippen LogP contribution in [0.5, 0.6) is 5.75 Å². The molecule has 2 unspecified atom stereocenters. The average Bonchev–Trinajstić information content (AvgIpc) is 3.43. The van der Waals surface area contributed by atoms with Gasteiger partial charge >= 0.3 is 5.97 Å². The number of ether oxygens (including phenoxy) is 2. The van der Waals surface area contributed by atoms with E-state index in [-0.39, 0.29) is 23.6 Å². The lowest BCUT2D eigenvalue weighted by atomic mass is 10.1. The van der Waals surface area contributed by atoms with E-state index in [0.29, 0.717) is 38.1 Å². The quantitative estimate of drug-likeness (QED) is 0.406. The minimum atomic E-state index is -0.396. The molecule has 28 heavy (non-hydrogen) atoms. The molecule has 1 fully saturated rings. The van der Waals surface area contributed by atoms with Crippen molar-refractivity contribution in [3.63, 3.8) is 0 Å². The number of carbonyl (C=O) groups is 1. The van der Waals surface area contributed by atoms with Crippen LogP contribution in [0.15, 0.2) is 47.6 Å². The molecule has 0 saturated heterocycles. The number of carbonyl (C=O) groups excluding carboxylic acids is 1. The van der Waals surface area contributed by atoms with Crippen molar-refractivity contribution in [2.75, 3.05) is 19.8 Å². The summed E-state index contributed by atoms with van der Waals surface area (Å²) >= 11 is 0. The van der Waals surface area contributed by atoms with Gasteiger partial charge in [0.15, 0.2) is 17.1 Å². The van der Waals surface area contributed by atoms with Crippen molar-refractivity contribution in [1.82, 2.24) is 4.73 Å². The maximum absolute atomic E-state index is 14.3. The molecule has 0 aliphatic heterocycles. The highest BCUT2D eigenvalue weighted by atomic mass is 19.1. The molecule has 1 aliphatic carbocycles. The van der Waals surface area contributed by atoms with Crippen LogP contribution in [0.2, 0.25) is 0 Å². The molecule has 1 N–H and O–H groups in total. The fraction of sp³-hybridized carbons (Fsp3) is 0.429. The van der Waals surface area contributed by atoms with E-state index in [2.05, 4.69) is 4.99 Å². The van der Waals surface area contributed by atoms with Gasteiger partial charge in [-0.1, -0.05) is 12.1 Å². The van der Waals surface area contributed by atoms with Crippen molar-refractivity contribution in [2.24, 2.45) is 10.9 Å². The number of hydrogen-bond acceptors (Lipinski definition) is 5. The highest BCUT2D eigenvalue weighted by Crippen LogP contribution is 2.50. The van der Waals surface area contributed by atoms with Crippen LogP contribution in [-0.2, 0) is 9.53 Å². The predicted octanol–water partition coefficient (Wildman–Crippen LogP) is 3.29. The summed E-state index contributed by atoms with van der Waals surface area (Å²) in [5.41, 5.74) is 1.35. The number of halogens is 1. The second-order valence-corrected chi connectivity index (χ2v) is 6.79. The fourth-order valence-corrected chi connectivity index (χ4v) is 3.17. The van der Waals surface area contributed by atoms with Crippen molar-refractivity contribution in [1.29, 1.82) is 0 Å². The number of hydrogen-bond donors (Lipinski definition) is 1. The van der Waals surface area contributed by atoms with Crippen molar-refractivity contribution >= 4 is 5.97 Å². The first kappa shape index (κ1) is 19.9. The van der Waals surface area contributed by atoms with E-state index >= 15 is 0 Å². The van der Waals surface area contributed by atoms with Gasteiger partial charge in [-0.3, -0.25) is 9.79 Å². The molecule has 1 saturated carbocycles. The maximum Gasteiger partial charge on any atom is 0.306 e. The van der Waals surface area contributed by atoms with Crippen LogP contribution in [0.25, 0.3) is 0 Å². The normalized spacial score (nSPS) is 18.7. The topological polar surface area (TPSA) is 73.0 Å². The largest absolute Gasteiger partial charge is 0.490 e. The number of aromatic nitrogens is 1. The highest BCUT2D eigenvalue weighted by Gasteiger charge is 2.40. The van der Waals surface area contributed by atoms with Gasteiger partial charge in [-0.15, -0.1) is 0 Å². The van der Waals surface area contributed by atoms with E-state index in [9.17, 15) is 14.4 Å². The first-order valence-corrected chi connectivity index (χ1v) is 9.53. The summed E-state index contributed by atoms with van der Waals surface area (Å²) in [5.74, 6) is 0.0701. The van der Waals surface area contributed by atoms with Gasteiger partial charge in [-0.05, 0) is 55.0 Å². The summed E-state index contributed by atoms with van der Waals surface area (Å²) in [4.78, 5) is 15.8. The standard InChI is InChI=1S/C21H25FN2O4/c1-2-27-21(25)14-16-12-17(16)15-7-8-19(18(22)13-15)28-11-5-9-23-20-6-3-4-10-24(20)26/h3-4,6-8,10,13,16-17,26H,2,5,9,11-12,14H2,1H3. The van der Waals surface area contributed by atoms with Gasteiger partial charge in [-0.25, -0.2) is 4.39 Å². The van der Waals surface area contributed by atoms with Crippen LogP contribution in [0.3, 0.4) is 0 Å². The Labute approximate surface area is 163 Å². The van der Waals surface area contributed by atoms with E-state index < -0.39 is 5.82 Å². The highest BCUT2D eigenvalue weighted by molar-refractivity contribution is 5.70. The molecule has 0 radical (unpaired) electrons. The minimum absolute atomic E-state index is 0.192. The van der Waals surface area contributed by atoms with Crippen molar-refractivity contribution < 1.29 is 23.9 Å². The Hall–Kier alpha value is -2.83. The van der Waals surface area contributed by atoms with E-state index in [4.69, 9.17) is 9.47 Å². The van der Waals surface area contributed by atoms with Gasteiger partial charge in [0.05, 0.1) is 13.2 Å². The second-order valence-electron chi connectivity index (χ2n) is 6.79. The van der Waals surface area contributed by atoms with Crippen LogP contribution >= 0.6 is 0 Å². The average molecular weight is 388 g/mol. The summed E-state index contributed by atoms with van der Waals surface area (Å²) in [6, 6.07) is 10.2. The van der Waals surface area contributed by atoms with E-state index in [1.807, 2.05) is 6.07 Å². The number of rotatable bonds is 9. The molecule has 0 bridgehead atoms. The van der Waals surface area contributed by atoms with E-state index in [1.54, 1.807) is 31.2 Å². The first-order chi connectivity index (χ1) is 13.6. The van der Waals surface area contributed by atoms with Crippen LogP contribution in [0.4, 0.5) is 4.39 Å². The zero-order chi connectivity index (χ0) is 19.9. The van der Waals surface area contributed by atoms with Crippen LogP contribution in [-0.4, -0.2) is 35.7 Å². The molecule has 2 atom stereocenters. The molecular formula is C21H25FN2O4. The molecule has 1 aromatic carbocycles. The molecule has 1 aromatic heterocycles. The van der Waals surface area contributed by atoms with E-state index in [0.717, 1.165) is 16.7 Å². The zero-order valence-electron chi connectivity index (χ0n) is 15.9. The predicted molar refractivity (Wildman–Crippen MR) is 101 cm³/mol. The molecule has 7 heteroatoms. The summed E-state index contributed by atoms with van der Waals surface area (Å²) < 4.78 is 25.7. The molecule has 6 nitrogen and oxygen atoms in total. The molecule has 0 amide bonds. The summed E-state index contributed by atoms with van der Waals surface area (Å²) in [6.07, 6.45) is 3.37. The van der Waals surface area contributed by atoms with Crippen LogP contribution in [0.1, 0.15) is 37.7 Å². The number of benzene rings is 1. The Balaban J connectivity index is 1.45.